The first-order chi connectivity index (χ1) is 14.7. The lowest BCUT2D eigenvalue weighted by Crippen LogP contribution is -2.29. The highest BCUT2D eigenvalue weighted by molar-refractivity contribution is 7.99. The highest BCUT2D eigenvalue weighted by Gasteiger charge is 2.22. The predicted octanol–water partition coefficient (Wildman–Crippen LogP) is 4.50. The third-order valence-corrected chi connectivity index (χ3v) is 6.32. The second kappa shape index (κ2) is 9.14. The van der Waals surface area contributed by atoms with Gasteiger partial charge in [0.05, 0.1) is 27.9 Å². The zero-order valence-electron chi connectivity index (χ0n) is 16.5. The topological polar surface area (TPSA) is 87.8 Å². The fourth-order valence-electron chi connectivity index (χ4n) is 3.89. The van der Waals surface area contributed by atoms with Crippen LogP contribution in [0.25, 0.3) is 10.9 Å². The Morgan fingerprint density at radius 2 is 1.87 bits per heavy atom. The summed E-state index contributed by atoms with van der Waals surface area (Å²) in [5.41, 5.74) is 1.51. The molecule has 30 heavy (non-hydrogen) atoms. The molecule has 0 saturated heterocycles. The molecular formula is C23H22N4O2S. The van der Waals surface area contributed by atoms with E-state index in [4.69, 9.17) is 4.98 Å². The van der Waals surface area contributed by atoms with Crippen LogP contribution in [0.3, 0.4) is 0 Å². The molecule has 1 N–H and O–H groups in total. The van der Waals surface area contributed by atoms with Crippen LogP contribution < -0.4 is 10.9 Å². The van der Waals surface area contributed by atoms with Gasteiger partial charge in [-0.1, -0.05) is 55.3 Å². The number of benzene rings is 2. The first-order valence-electron chi connectivity index (χ1n) is 10.1. The summed E-state index contributed by atoms with van der Waals surface area (Å²) in [6.07, 6.45) is 5.29. The van der Waals surface area contributed by atoms with Crippen molar-refractivity contribution in [2.24, 2.45) is 0 Å². The normalized spacial score (nSPS) is 14.4. The van der Waals surface area contributed by atoms with Crippen molar-refractivity contribution in [2.45, 2.75) is 43.3 Å². The smallest absolute Gasteiger partial charge is 0.262 e. The molecule has 6 nitrogen and oxygen atoms in total. The Kier molecular flexibility index (Phi) is 6.15. The Labute approximate surface area is 178 Å². The molecule has 0 bridgehead atoms. The van der Waals surface area contributed by atoms with Gasteiger partial charge in [-0.2, -0.15) is 5.26 Å². The minimum Gasteiger partial charge on any atom is -0.324 e. The Hall–Kier alpha value is -3.11. The van der Waals surface area contributed by atoms with Gasteiger partial charge in [0.2, 0.25) is 5.91 Å². The molecule has 152 valence electrons. The lowest BCUT2D eigenvalue weighted by atomic mass is 9.95. The monoisotopic (exact) mass is 418 g/mol. The number of carbonyl (C=O) groups excluding carboxylic acids is 1. The Morgan fingerprint density at radius 1 is 1.13 bits per heavy atom. The summed E-state index contributed by atoms with van der Waals surface area (Å²) >= 11 is 1.27. The van der Waals surface area contributed by atoms with Crippen LogP contribution in [-0.4, -0.2) is 21.2 Å². The van der Waals surface area contributed by atoms with Gasteiger partial charge in [-0.05, 0) is 37.1 Å². The molecule has 1 aliphatic carbocycles. The molecule has 1 heterocycles. The average Bonchev–Trinajstić information content (AvgIpc) is 2.79. The zero-order chi connectivity index (χ0) is 20.9. The molecule has 1 aromatic heterocycles. The Morgan fingerprint density at radius 3 is 2.67 bits per heavy atom. The SMILES string of the molecule is N#Cc1ccccc1NC(=O)CSc1nc2ccccc2c(=O)n1C1CCCCC1. The van der Waals surface area contributed by atoms with Crippen LogP contribution in [-0.2, 0) is 4.79 Å². The summed E-state index contributed by atoms with van der Waals surface area (Å²) in [5.74, 6) is -0.127. The van der Waals surface area contributed by atoms with Crippen LogP contribution in [0.4, 0.5) is 5.69 Å². The Bertz CT molecular complexity index is 1180. The molecule has 0 aliphatic heterocycles. The predicted molar refractivity (Wildman–Crippen MR) is 119 cm³/mol. The molecule has 0 unspecified atom stereocenters. The van der Waals surface area contributed by atoms with Crippen molar-refractivity contribution in [3.8, 4) is 6.07 Å². The van der Waals surface area contributed by atoms with E-state index in [-0.39, 0.29) is 23.3 Å². The van der Waals surface area contributed by atoms with Crippen molar-refractivity contribution < 1.29 is 4.79 Å². The summed E-state index contributed by atoms with van der Waals surface area (Å²) in [6.45, 7) is 0. The molecule has 1 saturated carbocycles. The van der Waals surface area contributed by atoms with E-state index >= 15 is 0 Å². The van der Waals surface area contributed by atoms with Crippen LogP contribution >= 0.6 is 11.8 Å². The average molecular weight is 419 g/mol. The van der Waals surface area contributed by atoms with Crippen LogP contribution in [0, 0.1) is 11.3 Å². The van der Waals surface area contributed by atoms with E-state index in [1.54, 1.807) is 28.8 Å². The number of hydrogen-bond acceptors (Lipinski definition) is 5. The van der Waals surface area contributed by atoms with Crippen LogP contribution in [0.1, 0.15) is 43.7 Å². The Balaban J connectivity index is 1.60. The minimum atomic E-state index is -0.236. The fourth-order valence-corrected chi connectivity index (χ4v) is 4.76. The lowest BCUT2D eigenvalue weighted by molar-refractivity contribution is -0.113. The van der Waals surface area contributed by atoms with Crippen LogP contribution in [0.15, 0.2) is 58.5 Å². The van der Waals surface area contributed by atoms with Gasteiger partial charge in [-0.3, -0.25) is 14.2 Å². The van der Waals surface area contributed by atoms with Crippen molar-refractivity contribution >= 4 is 34.3 Å². The largest absolute Gasteiger partial charge is 0.324 e. The number of rotatable bonds is 5. The van der Waals surface area contributed by atoms with Gasteiger partial charge >= 0.3 is 0 Å². The summed E-state index contributed by atoms with van der Waals surface area (Å²) < 4.78 is 1.79. The minimum absolute atomic E-state index is 0.0368. The quantitative estimate of drug-likeness (QED) is 0.487. The van der Waals surface area contributed by atoms with E-state index in [1.807, 2.05) is 24.3 Å². The molecule has 3 aromatic rings. The third kappa shape index (κ3) is 4.24. The molecule has 2 aromatic carbocycles. The third-order valence-electron chi connectivity index (χ3n) is 5.37. The highest BCUT2D eigenvalue weighted by atomic mass is 32.2. The van der Waals surface area contributed by atoms with Gasteiger partial charge in [0.15, 0.2) is 5.16 Å². The molecule has 1 fully saturated rings. The summed E-state index contributed by atoms with van der Waals surface area (Å²) in [6, 6.07) is 16.4. The number of nitrogens with zero attached hydrogens (tertiary/aromatic N) is 3. The molecular weight excluding hydrogens is 396 g/mol. The standard InChI is InChI=1S/C23H22N4O2S/c24-14-16-8-4-6-12-19(16)25-21(28)15-30-23-26-20-13-7-5-11-18(20)22(29)27(23)17-9-2-1-3-10-17/h4-8,11-13,17H,1-3,9-10,15H2,(H,25,28). The molecule has 7 heteroatoms. The number of thioether (sulfide) groups is 1. The maximum absolute atomic E-state index is 13.2. The van der Waals surface area contributed by atoms with Gasteiger partial charge in [0, 0.05) is 6.04 Å². The number of anilines is 1. The van der Waals surface area contributed by atoms with Crippen molar-refractivity contribution in [1.29, 1.82) is 5.26 Å². The number of fused-ring (bicyclic) bond motifs is 1. The second-order valence-corrected chi connectivity index (χ2v) is 8.32. The molecule has 4 rings (SSSR count). The van der Waals surface area contributed by atoms with Gasteiger partial charge in [0.25, 0.3) is 5.56 Å². The van der Waals surface area contributed by atoms with Gasteiger partial charge < -0.3 is 5.32 Å². The van der Waals surface area contributed by atoms with Crippen molar-refractivity contribution in [2.75, 3.05) is 11.1 Å². The number of aromatic nitrogens is 2. The summed E-state index contributed by atoms with van der Waals surface area (Å²) in [4.78, 5) is 30.5. The summed E-state index contributed by atoms with van der Waals surface area (Å²) in [7, 11) is 0. The van der Waals surface area contributed by atoms with E-state index in [0.717, 1.165) is 25.7 Å². The number of para-hydroxylation sites is 2. The highest BCUT2D eigenvalue weighted by Crippen LogP contribution is 2.31. The van der Waals surface area contributed by atoms with E-state index in [2.05, 4.69) is 11.4 Å². The number of amides is 1. The first-order valence-corrected chi connectivity index (χ1v) is 11.1. The molecule has 1 aliphatic rings. The maximum Gasteiger partial charge on any atom is 0.262 e. The number of nitrogens with one attached hydrogen (secondary N) is 1. The molecule has 1 amide bonds. The molecule has 0 atom stereocenters. The van der Waals surface area contributed by atoms with Gasteiger partial charge in [0.1, 0.15) is 6.07 Å². The number of carbonyl (C=O) groups is 1. The van der Waals surface area contributed by atoms with Crippen molar-refractivity contribution in [1.82, 2.24) is 9.55 Å². The van der Waals surface area contributed by atoms with Crippen LogP contribution in [0.5, 0.6) is 0 Å². The zero-order valence-corrected chi connectivity index (χ0v) is 17.3. The fraction of sp³-hybridized carbons (Fsp3) is 0.304. The van der Waals surface area contributed by atoms with E-state index in [9.17, 15) is 14.9 Å². The van der Waals surface area contributed by atoms with Gasteiger partial charge in [-0.15, -0.1) is 0 Å². The van der Waals surface area contributed by atoms with Gasteiger partial charge in [-0.25, -0.2) is 4.98 Å². The van der Waals surface area contributed by atoms with E-state index in [1.165, 1.54) is 18.2 Å². The maximum atomic E-state index is 13.2. The van der Waals surface area contributed by atoms with E-state index < -0.39 is 0 Å². The summed E-state index contributed by atoms with van der Waals surface area (Å²) in [5, 5.41) is 13.2. The van der Waals surface area contributed by atoms with Crippen molar-refractivity contribution in [3.05, 3.63) is 64.4 Å². The first kappa shape index (κ1) is 20.2. The van der Waals surface area contributed by atoms with E-state index in [0.29, 0.717) is 27.3 Å². The molecule has 0 radical (unpaired) electrons. The van der Waals surface area contributed by atoms with Crippen molar-refractivity contribution in [3.63, 3.8) is 0 Å². The van der Waals surface area contributed by atoms with Crippen LogP contribution in [0.2, 0.25) is 0 Å². The number of nitriles is 1. The second-order valence-electron chi connectivity index (χ2n) is 7.37. The number of hydrogen-bond donors (Lipinski definition) is 1. The lowest BCUT2D eigenvalue weighted by Gasteiger charge is -2.26. The molecule has 0 spiro atoms.